The fourth-order valence-corrected chi connectivity index (χ4v) is 0.718. The summed E-state index contributed by atoms with van der Waals surface area (Å²) in [6.45, 7) is 3.34. The summed E-state index contributed by atoms with van der Waals surface area (Å²) >= 11 is 0. The predicted molar refractivity (Wildman–Crippen MR) is 47.0 cm³/mol. The fraction of sp³-hybridized carbons (Fsp3) is 1.00. The second-order valence-electron chi connectivity index (χ2n) is 2.72. The molecule has 0 heterocycles. The van der Waals surface area contributed by atoms with E-state index >= 15 is 0 Å². The van der Waals surface area contributed by atoms with E-state index in [4.69, 9.17) is 18.9 Å². The first-order chi connectivity index (χ1) is 5.95. The Morgan fingerprint density at radius 1 is 0.692 bits per heavy atom. The molecule has 0 spiro atoms. The van der Waals surface area contributed by atoms with Gasteiger partial charge in [-0.05, 0) is 0 Å². The molecular formula is C8H18NO4. The molecule has 0 amide bonds. The Bertz CT molecular complexity index is 127. The van der Waals surface area contributed by atoms with Crippen LogP contribution in [-0.2, 0) is 18.9 Å². The molecule has 5 nitrogen and oxygen atoms in total. The van der Waals surface area contributed by atoms with Crippen LogP contribution in [0.3, 0.4) is 0 Å². The van der Waals surface area contributed by atoms with Gasteiger partial charge in [-0.1, -0.05) is 0 Å². The third-order valence-electron chi connectivity index (χ3n) is 1.92. The topological polar surface area (TPSA) is 51.0 Å². The molecule has 0 N–H and O–H groups in total. The van der Waals surface area contributed by atoms with Crippen molar-refractivity contribution in [2.45, 2.75) is 25.7 Å². The number of hydrogen-bond donors (Lipinski definition) is 0. The zero-order valence-electron chi connectivity index (χ0n) is 9.08. The molecule has 13 heavy (non-hydrogen) atoms. The minimum Gasteiger partial charge on any atom is -0.340 e. The van der Waals surface area contributed by atoms with Gasteiger partial charge in [0.1, 0.15) is 0 Å². The van der Waals surface area contributed by atoms with Crippen LogP contribution in [0, 0.1) is 0 Å². The molecule has 0 unspecified atom stereocenters. The van der Waals surface area contributed by atoms with Crippen molar-refractivity contribution in [2.24, 2.45) is 0 Å². The van der Waals surface area contributed by atoms with Crippen LogP contribution >= 0.6 is 0 Å². The monoisotopic (exact) mass is 192 g/mol. The van der Waals surface area contributed by atoms with Crippen molar-refractivity contribution in [2.75, 3.05) is 28.4 Å². The summed E-state index contributed by atoms with van der Waals surface area (Å²) in [5.74, 6) is -2.11. The molecule has 0 bridgehead atoms. The van der Waals surface area contributed by atoms with E-state index in [-0.39, 0.29) is 0 Å². The van der Waals surface area contributed by atoms with E-state index in [9.17, 15) is 0 Å². The van der Waals surface area contributed by atoms with Crippen LogP contribution in [-0.4, -0.2) is 40.3 Å². The first-order valence-electron chi connectivity index (χ1n) is 3.90. The van der Waals surface area contributed by atoms with Crippen LogP contribution in [0.1, 0.15) is 13.8 Å². The Balaban J connectivity index is 4.36. The zero-order chi connectivity index (χ0) is 10.5. The average molecular weight is 192 g/mol. The Morgan fingerprint density at radius 3 is 1.08 bits per heavy atom. The third kappa shape index (κ3) is 3.58. The molecule has 0 rings (SSSR count). The largest absolute Gasteiger partial charge is 0.340 e. The third-order valence-corrected chi connectivity index (χ3v) is 1.92. The molecule has 0 aliphatic heterocycles. The molecule has 0 aliphatic carbocycles. The van der Waals surface area contributed by atoms with Gasteiger partial charge in [0.2, 0.25) is 11.8 Å². The summed E-state index contributed by atoms with van der Waals surface area (Å²) in [6.07, 6.45) is 0. The quantitative estimate of drug-likeness (QED) is 0.576. The van der Waals surface area contributed by atoms with Gasteiger partial charge in [-0.15, -0.1) is 5.32 Å². The first kappa shape index (κ1) is 12.8. The fourth-order valence-electron chi connectivity index (χ4n) is 0.718. The van der Waals surface area contributed by atoms with Crippen LogP contribution in [0.2, 0.25) is 0 Å². The zero-order valence-corrected chi connectivity index (χ0v) is 9.08. The summed E-state index contributed by atoms with van der Waals surface area (Å²) in [6, 6.07) is 0. The van der Waals surface area contributed by atoms with Crippen LogP contribution in [0.15, 0.2) is 0 Å². The van der Waals surface area contributed by atoms with Crippen molar-refractivity contribution in [3.63, 3.8) is 0 Å². The van der Waals surface area contributed by atoms with Gasteiger partial charge in [0.15, 0.2) is 0 Å². The lowest BCUT2D eigenvalue weighted by molar-refractivity contribution is -0.310. The predicted octanol–water partition coefficient (Wildman–Crippen LogP) is 0.524. The second kappa shape index (κ2) is 4.88. The summed E-state index contributed by atoms with van der Waals surface area (Å²) in [7, 11) is 6.00. The van der Waals surface area contributed by atoms with E-state index in [1.165, 1.54) is 28.4 Å². The van der Waals surface area contributed by atoms with Crippen molar-refractivity contribution >= 4 is 0 Å². The number of hydrogen-bond acceptors (Lipinski definition) is 4. The van der Waals surface area contributed by atoms with Gasteiger partial charge in [-0.25, -0.2) is 0 Å². The first-order valence-corrected chi connectivity index (χ1v) is 3.90. The van der Waals surface area contributed by atoms with Gasteiger partial charge in [0, 0.05) is 42.3 Å². The highest BCUT2D eigenvalue weighted by molar-refractivity contribution is 4.66. The average Bonchev–Trinajstić information content (AvgIpc) is 2.17. The standard InChI is InChI=1S/C8H18NO4/c1-7(10-3,11-4)9-8(2,12-5)13-6/h1-6H3. The van der Waals surface area contributed by atoms with Crippen LogP contribution in [0.5, 0.6) is 0 Å². The normalized spacial score (nSPS) is 13.4. The highest BCUT2D eigenvalue weighted by atomic mass is 16.7. The smallest absolute Gasteiger partial charge is 0.244 e. The van der Waals surface area contributed by atoms with Crippen LogP contribution in [0.4, 0.5) is 0 Å². The number of nitrogens with zero attached hydrogens (tertiary/aromatic N) is 1. The highest BCUT2D eigenvalue weighted by Crippen LogP contribution is 2.17. The Hall–Kier alpha value is -0.200. The van der Waals surface area contributed by atoms with E-state index in [1.807, 2.05) is 0 Å². The summed E-state index contributed by atoms with van der Waals surface area (Å²) in [5, 5.41) is 4.12. The summed E-state index contributed by atoms with van der Waals surface area (Å²) < 4.78 is 20.1. The molecule has 0 aromatic heterocycles. The van der Waals surface area contributed by atoms with Crippen LogP contribution in [0.25, 0.3) is 0 Å². The molecule has 0 aromatic rings. The van der Waals surface area contributed by atoms with Gasteiger partial charge in [-0.2, -0.15) is 0 Å². The molecule has 0 atom stereocenters. The van der Waals surface area contributed by atoms with Gasteiger partial charge < -0.3 is 18.9 Å². The van der Waals surface area contributed by atoms with E-state index in [2.05, 4.69) is 5.32 Å². The number of rotatable bonds is 6. The maximum absolute atomic E-state index is 5.04. The molecule has 79 valence electrons. The van der Waals surface area contributed by atoms with E-state index in [0.717, 1.165) is 0 Å². The van der Waals surface area contributed by atoms with Gasteiger partial charge in [0.25, 0.3) is 0 Å². The van der Waals surface area contributed by atoms with Crippen molar-refractivity contribution < 1.29 is 18.9 Å². The Kier molecular flexibility index (Phi) is 4.80. The maximum Gasteiger partial charge on any atom is 0.244 e. The molecule has 1 radical (unpaired) electrons. The van der Waals surface area contributed by atoms with Crippen molar-refractivity contribution in [1.82, 2.24) is 5.32 Å². The SMILES string of the molecule is COC(C)([N]C(C)(OC)OC)OC. The Labute approximate surface area is 79.3 Å². The minimum absolute atomic E-state index is 1.05. The van der Waals surface area contributed by atoms with E-state index in [1.54, 1.807) is 13.8 Å². The molecule has 0 aromatic carbocycles. The van der Waals surface area contributed by atoms with Gasteiger partial charge in [0.05, 0.1) is 0 Å². The second-order valence-corrected chi connectivity index (χ2v) is 2.72. The van der Waals surface area contributed by atoms with Crippen LogP contribution < -0.4 is 5.32 Å². The molecule has 0 saturated heterocycles. The molecular weight excluding hydrogens is 174 g/mol. The Morgan fingerprint density at radius 2 is 0.923 bits per heavy atom. The molecule has 5 heteroatoms. The van der Waals surface area contributed by atoms with Gasteiger partial charge >= 0.3 is 0 Å². The lowest BCUT2D eigenvalue weighted by Gasteiger charge is -2.34. The van der Waals surface area contributed by atoms with Crippen molar-refractivity contribution in [3.8, 4) is 0 Å². The maximum atomic E-state index is 5.04. The molecule has 0 aliphatic rings. The van der Waals surface area contributed by atoms with Gasteiger partial charge in [-0.3, -0.25) is 0 Å². The summed E-state index contributed by atoms with van der Waals surface area (Å²) in [5.41, 5.74) is 0. The van der Waals surface area contributed by atoms with E-state index < -0.39 is 11.8 Å². The molecule has 0 saturated carbocycles. The summed E-state index contributed by atoms with van der Waals surface area (Å²) in [4.78, 5) is 0. The lowest BCUT2D eigenvalue weighted by atomic mass is 10.4. The lowest BCUT2D eigenvalue weighted by Crippen LogP contribution is -2.53. The molecule has 0 fully saturated rings. The number of ether oxygens (including phenoxy) is 4. The van der Waals surface area contributed by atoms with E-state index in [0.29, 0.717) is 0 Å². The highest BCUT2D eigenvalue weighted by Gasteiger charge is 2.36. The minimum atomic E-state index is -1.05. The van der Waals surface area contributed by atoms with Crippen molar-refractivity contribution in [1.29, 1.82) is 0 Å². The number of methoxy groups -OCH3 is 4. The van der Waals surface area contributed by atoms with Crippen molar-refractivity contribution in [3.05, 3.63) is 0 Å².